The SMILES string of the molecule is C=CC.NC=Cc1ccccc1. The quantitative estimate of drug-likeness (QED) is 0.630. The van der Waals surface area contributed by atoms with Crippen LogP contribution in [0.2, 0.25) is 0 Å². The second-order valence-electron chi connectivity index (χ2n) is 2.18. The summed E-state index contributed by atoms with van der Waals surface area (Å²) in [5.74, 6) is 0. The van der Waals surface area contributed by atoms with E-state index in [-0.39, 0.29) is 0 Å². The predicted molar refractivity (Wildman–Crippen MR) is 55.5 cm³/mol. The van der Waals surface area contributed by atoms with E-state index in [1.807, 2.05) is 43.3 Å². The fraction of sp³-hybridized carbons (Fsp3) is 0.0909. The van der Waals surface area contributed by atoms with Gasteiger partial charge in [0.25, 0.3) is 0 Å². The van der Waals surface area contributed by atoms with Gasteiger partial charge in [-0.15, -0.1) is 6.58 Å². The molecule has 12 heavy (non-hydrogen) atoms. The van der Waals surface area contributed by atoms with E-state index in [1.165, 1.54) is 6.20 Å². The second kappa shape index (κ2) is 7.61. The normalized spacial score (nSPS) is 8.75. The van der Waals surface area contributed by atoms with Crippen LogP contribution < -0.4 is 5.73 Å². The average molecular weight is 161 g/mol. The fourth-order valence-electron chi connectivity index (χ4n) is 0.675. The fourth-order valence-corrected chi connectivity index (χ4v) is 0.675. The predicted octanol–water partition coefficient (Wildman–Crippen LogP) is 2.81. The van der Waals surface area contributed by atoms with Crippen LogP contribution in [-0.2, 0) is 0 Å². The minimum absolute atomic E-state index is 1.14. The first kappa shape index (κ1) is 10.5. The third-order valence-corrected chi connectivity index (χ3v) is 1.09. The van der Waals surface area contributed by atoms with Crippen LogP contribution in [0.3, 0.4) is 0 Å². The molecule has 1 aromatic carbocycles. The first-order chi connectivity index (χ1) is 5.85. The molecular weight excluding hydrogens is 146 g/mol. The van der Waals surface area contributed by atoms with Gasteiger partial charge in [0, 0.05) is 0 Å². The second-order valence-corrected chi connectivity index (χ2v) is 2.18. The lowest BCUT2D eigenvalue weighted by molar-refractivity contribution is 1.60. The van der Waals surface area contributed by atoms with Crippen molar-refractivity contribution in [3.8, 4) is 0 Å². The molecule has 0 aliphatic rings. The van der Waals surface area contributed by atoms with Crippen molar-refractivity contribution in [2.24, 2.45) is 5.73 Å². The Morgan fingerprint density at radius 2 is 1.75 bits per heavy atom. The van der Waals surface area contributed by atoms with Gasteiger partial charge in [-0.3, -0.25) is 0 Å². The van der Waals surface area contributed by atoms with Gasteiger partial charge in [-0.05, 0) is 24.8 Å². The van der Waals surface area contributed by atoms with Crippen molar-refractivity contribution >= 4 is 6.08 Å². The molecule has 0 aliphatic heterocycles. The van der Waals surface area contributed by atoms with E-state index in [0.717, 1.165) is 5.56 Å². The number of allylic oxidation sites excluding steroid dienone is 1. The molecule has 0 spiro atoms. The maximum atomic E-state index is 5.18. The molecule has 1 aromatic rings. The Morgan fingerprint density at radius 3 is 2.17 bits per heavy atom. The van der Waals surface area contributed by atoms with Crippen LogP contribution in [0.25, 0.3) is 6.08 Å². The smallest absolute Gasteiger partial charge is 0.00564 e. The van der Waals surface area contributed by atoms with Gasteiger partial charge >= 0.3 is 0 Å². The molecule has 2 N–H and O–H groups in total. The van der Waals surface area contributed by atoms with Crippen molar-refractivity contribution in [3.05, 3.63) is 54.8 Å². The van der Waals surface area contributed by atoms with Crippen molar-refractivity contribution in [3.63, 3.8) is 0 Å². The molecule has 0 aromatic heterocycles. The molecule has 0 radical (unpaired) electrons. The Kier molecular flexibility index (Phi) is 6.65. The highest BCUT2D eigenvalue weighted by Gasteiger charge is 1.77. The highest BCUT2D eigenvalue weighted by Crippen LogP contribution is 1.98. The molecule has 0 unspecified atom stereocenters. The standard InChI is InChI=1S/C8H9N.C3H6/c9-7-6-8-4-2-1-3-5-8;1-3-2/h1-7H,9H2;3H,1H2,2H3. The zero-order valence-electron chi connectivity index (χ0n) is 7.40. The molecule has 64 valence electrons. The van der Waals surface area contributed by atoms with Crippen molar-refractivity contribution in [1.29, 1.82) is 0 Å². The molecule has 1 nitrogen and oxygen atoms in total. The summed E-state index contributed by atoms with van der Waals surface area (Å²) >= 11 is 0. The van der Waals surface area contributed by atoms with Crippen LogP contribution in [0.1, 0.15) is 12.5 Å². The highest BCUT2D eigenvalue weighted by molar-refractivity contribution is 5.47. The first-order valence-electron chi connectivity index (χ1n) is 3.85. The largest absolute Gasteiger partial charge is 0.405 e. The number of rotatable bonds is 1. The first-order valence-corrected chi connectivity index (χ1v) is 3.85. The summed E-state index contributed by atoms with van der Waals surface area (Å²) in [6.45, 7) is 5.25. The van der Waals surface area contributed by atoms with E-state index in [2.05, 4.69) is 6.58 Å². The Bertz CT molecular complexity index is 224. The van der Waals surface area contributed by atoms with Gasteiger partial charge < -0.3 is 5.73 Å². The van der Waals surface area contributed by atoms with Gasteiger partial charge in [0.05, 0.1) is 0 Å². The summed E-state index contributed by atoms with van der Waals surface area (Å²) in [5, 5.41) is 0. The van der Waals surface area contributed by atoms with E-state index in [9.17, 15) is 0 Å². The van der Waals surface area contributed by atoms with Crippen LogP contribution in [0.15, 0.2) is 49.2 Å². The van der Waals surface area contributed by atoms with Gasteiger partial charge in [0.2, 0.25) is 0 Å². The van der Waals surface area contributed by atoms with E-state index in [4.69, 9.17) is 5.73 Å². The molecule has 0 heterocycles. The van der Waals surface area contributed by atoms with Gasteiger partial charge in [0.15, 0.2) is 0 Å². The Hall–Kier alpha value is -1.50. The van der Waals surface area contributed by atoms with Gasteiger partial charge in [-0.1, -0.05) is 36.4 Å². The minimum Gasteiger partial charge on any atom is -0.405 e. The molecule has 0 amide bonds. The van der Waals surface area contributed by atoms with E-state index >= 15 is 0 Å². The molecule has 1 heteroatoms. The van der Waals surface area contributed by atoms with Gasteiger partial charge in [-0.2, -0.15) is 0 Å². The third kappa shape index (κ3) is 5.30. The molecule has 0 aliphatic carbocycles. The lowest BCUT2D eigenvalue weighted by Gasteiger charge is -1.86. The number of hydrogen-bond donors (Lipinski definition) is 1. The van der Waals surface area contributed by atoms with E-state index in [1.54, 1.807) is 6.08 Å². The highest BCUT2D eigenvalue weighted by atomic mass is 14.5. The summed E-state index contributed by atoms with van der Waals surface area (Å²) in [7, 11) is 0. The monoisotopic (exact) mass is 161 g/mol. The van der Waals surface area contributed by atoms with Crippen molar-refractivity contribution < 1.29 is 0 Å². The lowest BCUT2D eigenvalue weighted by Crippen LogP contribution is -1.75. The molecule has 0 saturated heterocycles. The number of hydrogen-bond acceptors (Lipinski definition) is 1. The van der Waals surface area contributed by atoms with E-state index < -0.39 is 0 Å². The van der Waals surface area contributed by atoms with Gasteiger partial charge in [0.1, 0.15) is 0 Å². The van der Waals surface area contributed by atoms with Crippen molar-refractivity contribution in [2.75, 3.05) is 0 Å². The van der Waals surface area contributed by atoms with Gasteiger partial charge in [-0.25, -0.2) is 0 Å². The zero-order chi connectivity index (χ0) is 9.23. The van der Waals surface area contributed by atoms with Crippen molar-refractivity contribution in [1.82, 2.24) is 0 Å². The molecule has 0 atom stereocenters. The summed E-state index contributed by atoms with van der Waals surface area (Å²) in [6, 6.07) is 9.95. The summed E-state index contributed by atoms with van der Waals surface area (Å²) < 4.78 is 0. The molecular formula is C11H15N. The van der Waals surface area contributed by atoms with Crippen LogP contribution in [0.4, 0.5) is 0 Å². The Balaban J connectivity index is 0.000000354. The van der Waals surface area contributed by atoms with Crippen LogP contribution >= 0.6 is 0 Å². The lowest BCUT2D eigenvalue weighted by atomic mass is 10.2. The summed E-state index contributed by atoms with van der Waals surface area (Å²) in [4.78, 5) is 0. The molecule has 0 saturated carbocycles. The van der Waals surface area contributed by atoms with Crippen molar-refractivity contribution in [2.45, 2.75) is 6.92 Å². The van der Waals surface area contributed by atoms with Crippen LogP contribution in [0, 0.1) is 0 Å². The molecule has 0 fully saturated rings. The molecule has 0 bridgehead atoms. The average Bonchev–Trinajstić information content (AvgIpc) is 2.08. The number of nitrogens with two attached hydrogens (primary N) is 1. The topological polar surface area (TPSA) is 26.0 Å². The van der Waals surface area contributed by atoms with E-state index in [0.29, 0.717) is 0 Å². The Morgan fingerprint density at radius 1 is 1.25 bits per heavy atom. The van der Waals surface area contributed by atoms with Crippen LogP contribution in [0.5, 0.6) is 0 Å². The Labute approximate surface area is 74.2 Å². The minimum atomic E-state index is 1.14. The maximum absolute atomic E-state index is 5.18. The number of benzene rings is 1. The molecule has 1 rings (SSSR count). The summed E-state index contributed by atoms with van der Waals surface area (Å²) in [6.07, 6.45) is 5.15. The summed E-state index contributed by atoms with van der Waals surface area (Å²) in [5.41, 5.74) is 6.32. The maximum Gasteiger partial charge on any atom is -0.00564 e. The van der Waals surface area contributed by atoms with Crippen LogP contribution in [-0.4, -0.2) is 0 Å². The third-order valence-electron chi connectivity index (χ3n) is 1.09. The zero-order valence-corrected chi connectivity index (χ0v) is 7.40.